The Morgan fingerprint density at radius 2 is 2.25 bits per heavy atom. The number of carboxylic acids is 1. The Hall–Kier alpha value is -2.65. The number of nitriles is 1. The van der Waals surface area contributed by atoms with E-state index in [2.05, 4.69) is 16.4 Å². The zero-order valence-corrected chi connectivity index (χ0v) is 10.7. The van der Waals surface area contributed by atoms with Crippen LogP contribution < -0.4 is 5.32 Å². The molecule has 0 aliphatic carbocycles. The first-order valence-corrected chi connectivity index (χ1v) is 6.04. The van der Waals surface area contributed by atoms with Crippen LogP contribution in [0.4, 0.5) is 5.82 Å². The minimum Gasteiger partial charge on any atom is -0.480 e. The van der Waals surface area contributed by atoms with Crippen LogP contribution in [0.1, 0.15) is 5.56 Å². The molecule has 0 atom stereocenters. The van der Waals surface area contributed by atoms with E-state index in [0.717, 1.165) is 10.9 Å². The lowest BCUT2D eigenvalue weighted by molar-refractivity contribution is -0.142. The number of anilines is 1. The van der Waals surface area contributed by atoms with Crippen LogP contribution in [0.15, 0.2) is 30.3 Å². The second-order valence-electron chi connectivity index (χ2n) is 4.06. The van der Waals surface area contributed by atoms with Gasteiger partial charge in [-0.25, -0.2) is 9.78 Å². The van der Waals surface area contributed by atoms with Gasteiger partial charge in [-0.1, -0.05) is 18.2 Å². The number of ether oxygens (including phenoxy) is 1. The highest BCUT2D eigenvalue weighted by Crippen LogP contribution is 2.19. The summed E-state index contributed by atoms with van der Waals surface area (Å²) in [5.41, 5.74) is 1.28. The summed E-state index contributed by atoms with van der Waals surface area (Å²) in [6.07, 6.45) is 0. The summed E-state index contributed by atoms with van der Waals surface area (Å²) in [5.74, 6) is -0.431. The van der Waals surface area contributed by atoms with E-state index >= 15 is 0 Å². The Kier molecular flexibility index (Phi) is 4.47. The highest BCUT2D eigenvalue weighted by atomic mass is 16.5. The molecule has 2 N–H and O–H groups in total. The predicted molar refractivity (Wildman–Crippen MR) is 73.4 cm³/mol. The SMILES string of the molecule is N#Cc1cc(NCCOCC(=O)O)nc2ccccc12. The molecule has 0 bridgehead atoms. The molecule has 1 aromatic carbocycles. The lowest BCUT2D eigenvalue weighted by atomic mass is 10.1. The number of rotatable bonds is 6. The summed E-state index contributed by atoms with van der Waals surface area (Å²) in [6, 6.07) is 11.2. The van der Waals surface area contributed by atoms with Crippen LogP contribution in [0.2, 0.25) is 0 Å². The number of carbonyl (C=O) groups is 1. The van der Waals surface area contributed by atoms with Gasteiger partial charge in [-0.2, -0.15) is 5.26 Å². The minimum atomic E-state index is -0.999. The van der Waals surface area contributed by atoms with Crippen LogP contribution in [0.5, 0.6) is 0 Å². The highest BCUT2D eigenvalue weighted by Gasteiger charge is 2.04. The van der Waals surface area contributed by atoms with Crippen LogP contribution >= 0.6 is 0 Å². The molecule has 6 nitrogen and oxygen atoms in total. The van der Waals surface area contributed by atoms with Gasteiger partial charge >= 0.3 is 5.97 Å². The largest absolute Gasteiger partial charge is 0.480 e. The van der Waals surface area contributed by atoms with Crippen LogP contribution in [0.25, 0.3) is 10.9 Å². The maximum atomic E-state index is 10.3. The number of para-hydroxylation sites is 1. The molecule has 0 aliphatic rings. The lowest BCUT2D eigenvalue weighted by Gasteiger charge is -2.08. The molecule has 20 heavy (non-hydrogen) atoms. The van der Waals surface area contributed by atoms with Crippen molar-refractivity contribution >= 4 is 22.7 Å². The summed E-state index contributed by atoms with van der Waals surface area (Å²) < 4.78 is 4.91. The Bertz CT molecular complexity index is 664. The van der Waals surface area contributed by atoms with Gasteiger partial charge in [0.2, 0.25) is 0 Å². The normalized spacial score (nSPS) is 10.2. The fraction of sp³-hybridized carbons (Fsp3) is 0.214. The van der Waals surface area contributed by atoms with Crippen molar-refractivity contribution in [2.24, 2.45) is 0 Å². The van der Waals surface area contributed by atoms with Crippen molar-refractivity contribution in [3.8, 4) is 6.07 Å². The fourth-order valence-corrected chi connectivity index (χ4v) is 1.77. The first-order chi connectivity index (χ1) is 9.70. The van der Waals surface area contributed by atoms with Gasteiger partial charge in [-0.05, 0) is 12.1 Å². The molecule has 2 aromatic rings. The summed E-state index contributed by atoms with van der Waals surface area (Å²) in [5, 5.41) is 21.4. The summed E-state index contributed by atoms with van der Waals surface area (Å²) in [7, 11) is 0. The smallest absolute Gasteiger partial charge is 0.329 e. The van der Waals surface area contributed by atoms with Crippen molar-refractivity contribution in [3.05, 3.63) is 35.9 Å². The first-order valence-electron chi connectivity index (χ1n) is 6.04. The minimum absolute atomic E-state index is 0.253. The quantitative estimate of drug-likeness (QED) is 0.775. The average Bonchev–Trinajstić information content (AvgIpc) is 2.45. The van der Waals surface area contributed by atoms with E-state index in [1.165, 1.54) is 0 Å². The first kappa shape index (κ1) is 13.8. The third kappa shape index (κ3) is 3.43. The predicted octanol–water partition coefficient (Wildman–Crippen LogP) is 1.62. The van der Waals surface area contributed by atoms with Gasteiger partial charge in [0.15, 0.2) is 0 Å². The standard InChI is InChI=1S/C14H13N3O3/c15-8-10-7-13(16-5-6-20-9-14(18)19)17-12-4-2-1-3-11(10)12/h1-4,7H,5-6,9H2,(H,16,17)(H,18,19). The van der Waals surface area contributed by atoms with Gasteiger partial charge in [0.25, 0.3) is 0 Å². The second-order valence-corrected chi connectivity index (χ2v) is 4.06. The number of nitrogens with zero attached hydrogens (tertiary/aromatic N) is 2. The van der Waals surface area contributed by atoms with Gasteiger partial charge in [-0.15, -0.1) is 0 Å². The zero-order chi connectivity index (χ0) is 14.4. The number of aliphatic carboxylic acids is 1. The summed E-state index contributed by atoms with van der Waals surface area (Å²) in [4.78, 5) is 14.7. The van der Waals surface area contributed by atoms with Crippen molar-refractivity contribution in [1.82, 2.24) is 4.98 Å². The van der Waals surface area contributed by atoms with Gasteiger partial charge in [0, 0.05) is 11.9 Å². The van der Waals surface area contributed by atoms with Gasteiger partial charge in [-0.3, -0.25) is 0 Å². The van der Waals surface area contributed by atoms with Gasteiger partial charge < -0.3 is 15.2 Å². The van der Waals surface area contributed by atoms with E-state index in [0.29, 0.717) is 17.9 Å². The number of carboxylic acid groups (broad SMARTS) is 1. The van der Waals surface area contributed by atoms with E-state index in [1.54, 1.807) is 6.07 Å². The molecular formula is C14H13N3O3. The van der Waals surface area contributed by atoms with Crippen LogP contribution in [0, 0.1) is 11.3 Å². The molecule has 102 valence electrons. The maximum absolute atomic E-state index is 10.3. The molecule has 2 rings (SSSR count). The van der Waals surface area contributed by atoms with E-state index in [1.807, 2.05) is 24.3 Å². The van der Waals surface area contributed by atoms with Crippen molar-refractivity contribution in [2.75, 3.05) is 25.1 Å². The fourth-order valence-electron chi connectivity index (χ4n) is 1.77. The number of pyridine rings is 1. The van der Waals surface area contributed by atoms with Crippen LogP contribution in [-0.4, -0.2) is 35.8 Å². The Balaban J connectivity index is 2.04. The second kappa shape index (κ2) is 6.50. The van der Waals surface area contributed by atoms with E-state index in [9.17, 15) is 4.79 Å². The van der Waals surface area contributed by atoms with Gasteiger partial charge in [0.1, 0.15) is 12.4 Å². The molecule has 0 amide bonds. The Morgan fingerprint density at radius 1 is 1.45 bits per heavy atom. The number of benzene rings is 1. The van der Waals surface area contributed by atoms with Crippen LogP contribution in [0.3, 0.4) is 0 Å². The molecule has 0 saturated heterocycles. The van der Waals surface area contributed by atoms with Gasteiger partial charge in [0.05, 0.1) is 23.8 Å². The van der Waals surface area contributed by atoms with Crippen molar-refractivity contribution in [3.63, 3.8) is 0 Å². The molecule has 1 aromatic heterocycles. The number of hydrogen-bond donors (Lipinski definition) is 2. The average molecular weight is 271 g/mol. The number of hydrogen-bond acceptors (Lipinski definition) is 5. The third-order valence-corrected chi connectivity index (χ3v) is 2.61. The number of aromatic nitrogens is 1. The molecule has 0 aliphatic heterocycles. The number of nitrogens with one attached hydrogen (secondary N) is 1. The molecule has 0 saturated carbocycles. The van der Waals surface area contributed by atoms with Crippen molar-refractivity contribution < 1.29 is 14.6 Å². The summed E-state index contributed by atoms with van der Waals surface area (Å²) >= 11 is 0. The van der Waals surface area contributed by atoms with E-state index in [-0.39, 0.29) is 13.2 Å². The molecule has 0 fully saturated rings. The Morgan fingerprint density at radius 3 is 3.00 bits per heavy atom. The van der Waals surface area contributed by atoms with E-state index < -0.39 is 5.97 Å². The van der Waals surface area contributed by atoms with Crippen molar-refractivity contribution in [2.45, 2.75) is 0 Å². The molecule has 6 heteroatoms. The molecule has 0 radical (unpaired) electrons. The highest BCUT2D eigenvalue weighted by molar-refractivity contribution is 5.86. The molecule has 1 heterocycles. The zero-order valence-electron chi connectivity index (χ0n) is 10.7. The van der Waals surface area contributed by atoms with Crippen LogP contribution in [-0.2, 0) is 9.53 Å². The maximum Gasteiger partial charge on any atom is 0.329 e. The number of fused-ring (bicyclic) bond motifs is 1. The molecule has 0 unspecified atom stereocenters. The lowest BCUT2D eigenvalue weighted by Crippen LogP contribution is -2.14. The topological polar surface area (TPSA) is 95.2 Å². The Labute approximate surface area is 115 Å². The van der Waals surface area contributed by atoms with E-state index in [4.69, 9.17) is 15.1 Å². The molecule has 0 spiro atoms. The summed E-state index contributed by atoms with van der Waals surface area (Å²) in [6.45, 7) is 0.350. The monoisotopic (exact) mass is 271 g/mol. The molecular weight excluding hydrogens is 258 g/mol. The third-order valence-electron chi connectivity index (χ3n) is 2.61. The van der Waals surface area contributed by atoms with Crippen molar-refractivity contribution in [1.29, 1.82) is 5.26 Å².